The molecule has 0 radical (unpaired) electrons. The molecule has 31 heavy (non-hydrogen) atoms. The topological polar surface area (TPSA) is 113 Å². The van der Waals surface area contributed by atoms with Crippen LogP contribution in [0.3, 0.4) is 0 Å². The molecule has 1 heterocycles. The molecule has 0 amide bonds. The van der Waals surface area contributed by atoms with Gasteiger partial charge in [-0.1, -0.05) is 18.2 Å². The van der Waals surface area contributed by atoms with Gasteiger partial charge in [0.15, 0.2) is 0 Å². The highest BCUT2D eigenvalue weighted by molar-refractivity contribution is 7.89. The Morgan fingerprint density at radius 3 is 2.23 bits per heavy atom. The summed E-state index contributed by atoms with van der Waals surface area (Å²) in [6, 6.07) is 8.08. The maximum absolute atomic E-state index is 12.0. The van der Waals surface area contributed by atoms with Gasteiger partial charge in [0.25, 0.3) is 0 Å². The molecule has 0 unspecified atom stereocenters. The van der Waals surface area contributed by atoms with Crippen LogP contribution in [-0.2, 0) is 24.3 Å². The summed E-state index contributed by atoms with van der Waals surface area (Å²) < 4.78 is 63.0. The average Bonchev–Trinajstić information content (AvgIpc) is 2.68. The number of benzene rings is 1. The van der Waals surface area contributed by atoms with Crippen molar-refractivity contribution in [3.05, 3.63) is 30.3 Å². The monoisotopic (exact) mass is 486 g/mol. The molecule has 0 atom stereocenters. The third-order valence-corrected chi connectivity index (χ3v) is 6.43. The molecule has 1 aliphatic rings. The number of carbonyl (C=O) groups is 2. The number of nitrogens with zero attached hydrogens (tertiary/aromatic N) is 1. The van der Waals surface area contributed by atoms with Gasteiger partial charge in [0.2, 0.25) is 10.0 Å². The largest absolute Gasteiger partial charge is 0.490 e. The lowest BCUT2D eigenvalue weighted by atomic mass is 9.92. The third-order valence-electron chi connectivity index (χ3n) is 4.34. The van der Waals surface area contributed by atoms with Crippen molar-refractivity contribution < 1.29 is 41.0 Å². The van der Waals surface area contributed by atoms with Crippen LogP contribution >= 0.6 is 12.6 Å². The molecule has 8 nitrogen and oxygen atoms in total. The molecule has 1 aliphatic heterocycles. The molecule has 1 aromatic carbocycles. The summed E-state index contributed by atoms with van der Waals surface area (Å²) >= 11 is 4.63. The van der Waals surface area contributed by atoms with Crippen LogP contribution in [0, 0.1) is 0 Å². The van der Waals surface area contributed by atoms with Gasteiger partial charge in [-0.25, -0.2) is 17.9 Å². The minimum Gasteiger partial charge on any atom is -0.475 e. The number of carboxylic acids is 1. The molecule has 0 aromatic heterocycles. The second-order valence-corrected chi connectivity index (χ2v) is 9.65. The number of nitrogens with one attached hydrogen (secondary N) is 1. The fourth-order valence-electron chi connectivity index (χ4n) is 2.56. The zero-order valence-electron chi connectivity index (χ0n) is 16.8. The number of halogens is 3. The van der Waals surface area contributed by atoms with E-state index in [9.17, 15) is 26.4 Å². The zero-order chi connectivity index (χ0) is 23.7. The number of esters is 1. The number of likely N-dealkylation sites (tertiary alicyclic amines) is 1. The predicted octanol–water partition coefficient (Wildman–Crippen LogP) is 1.93. The van der Waals surface area contributed by atoms with Gasteiger partial charge in [-0.15, -0.1) is 0 Å². The normalized spacial score (nSPS) is 16.7. The fraction of sp³-hybridized carbons (Fsp3) is 0.556. The van der Waals surface area contributed by atoms with Crippen LogP contribution in [0.5, 0.6) is 0 Å². The van der Waals surface area contributed by atoms with Gasteiger partial charge >= 0.3 is 18.1 Å². The van der Waals surface area contributed by atoms with E-state index in [0.29, 0.717) is 0 Å². The van der Waals surface area contributed by atoms with E-state index >= 15 is 0 Å². The summed E-state index contributed by atoms with van der Waals surface area (Å²) in [5.74, 6) is -3.10. The Kier molecular flexibility index (Phi) is 10.3. The summed E-state index contributed by atoms with van der Waals surface area (Å²) in [5, 5.41) is 7.12. The lowest BCUT2D eigenvalue weighted by Crippen LogP contribution is -2.40. The Labute approximate surface area is 184 Å². The quantitative estimate of drug-likeness (QED) is 0.307. The number of aliphatic carboxylic acids is 1. The number of piperidine rings is 1. The maximum atomic E-state index is 12.0. The molecule has 13 heteroatoms. The van der Waals surface area contributed by atoms with Crippen molar-refractivity contribution in [1.82, 2.24) is 9.62 Å². The van der Waals surface area contributed by atoms with Crippen LogP contribution < -0.4 is 4.72 Å². The van der Waals surface area contributed by atoms with Crippen molar-refractivity contribution >= 4 is 34.6 Å². The van der Waals surface area contributed by atoms with E-state index in [1.807, 2.05) is 7.05 Å². The molecule has 176 valence electrons. The van der Waals surface area contributed by atoms with E-state index in [4.69, 9.17) is 14.6 Å². The fourth-order valence-corrected chi connectivity index (χ4v) is 3.92. The molecule has 0 saturated carbocycles. The average molecular weight is 487 g/mol. The second kappa shape index (κ2) is 11.7. The predicted molar refractivity (Wildman–Crippen MR) is 109 cm³/mol. The van der Waals surface area contributed by atoms with E-state index in [1.54, 1.807) is 18.2 Å². The third kappa shape index (κ3) is 10.4. The summed E-state index contributed by atoms with van der Waals surface area (Å²) in [5.41, 5.74) is 0. The number of carboxylic acid groups (broad SMARTS) is 1. The van der Waals surface area contributed by atoms with Crippen LogP contribution in [0.4, 0.5) is 13.2 Å². The first-order chi connectivity index (χ1) is 14.3. The van der Waals surface area contributed by atoms with Crippen molar-refractivity contribution in [2.75, 3.05) is 33.3 Å². The van der Waals surface area contributed by atoms with Gasteiger partial charge in [0.1, 0.15) is 6.61 Å². The number of alkyl halides is 3. The molecule has 0 aliphatic carbocycles. The molecule has 1 saturated heterocycles. The molecule has 0 bridgehead atoms. The number of thiol groups is 1. The first-order valence-corrected chi connectivity index (χ1v) is 11.1. The molecule has 1 aromatic rings. The van der Waals surface area contributed by atoms with Crippen molar-refractivity contribution in [3.63, 3.8) is 0 Å². The van der Waals surface area contributed by atoms with Gasteiger partial charge in [-0.3, -0.25) is 4.79 Å². The Hall–Kier alpha value is -1.83. The maximum Gasteiger partial charge on any atom is 0.490 e. The molecular formula is C18H25F3N2O6S2. The molecule has 1 fully saturated rings. The van der Waals surface area contributed by atoms with E-state index in [-0.39, 0.29) is 35.2 Å². The number of ether oxygens (including phenoxy) is 1. The summed E-state index contributed by atoms with van der Waals surface area (Å²) in [4.78, 5) is 23.2. The Morgan fingerprint density at radius 2 is 1.74 bits per heavy atom. The minimum atomic E-state index is -5.08. The van der Waals surface area contributed by atoms with E-state index < -0.39 is 22.2 Å². The van der Waals surface area contributed by atoms with Gasteiger partial charge in [0.05, 0.1) is 11.3 Å². The van der Waals surface area contributed by atoms with Crippen molar-refractivity contribution in [1.29, 1.82) is 0 Å². The zero-order valence-corrected chi connectivity index (χ0v) is 18.5. The standard InChI is InChI=1S/C16H24N2O4S2.C2HF3O2/c1-18-10-7-16(23,8-11-18)13-15(19)22-12-9-17-24(20,21)14-5-3-2-4-6-14;3-2(4,5)1(6)7/h2-6,17,23H,7-13H2,1H3;(H,6,7). The first-order valence-electron chi connectivity index (χ1n) is 9.16. The van der Waals surface area contributed by atoms with Crippen LogP contribution in [0.25, 0.3) is 0 Å². The van der Waals surface area contributed by atoms with E-state index in [0.717, 1.165) is 25.9 Å². The second-order valence-electron chi connectivity index (χ2n) is 6.94. The molecule has 2 rings (SSSR count). The number of hydrogen-bond donors (Lipinski definition) is 3. The lowest BCUT2D eigenvalue weighted by molar-refractivity contribution is -0.192. The number of carbonyl (C=O) groups excluding carboxylic acids is 1. The molecule has 0 spiro atoms. The highest BCUT2D eigenvalue weighted by Crippen LogP contribution is 2.32. The van der Waals surface area contributed by atoms with Crippen LogP contribution in [0.1, 0.15) is 19.3 Å². The SMILES string of the molecule is CN1CCC(S)(CC(=O)OCCNS(=O)(=O)c2ccccc2)CC1.O=C(O)C(F)(F)F. The number of hydrogen-bond acceptors (Lipinski definition) is 7. The minimum absolute atomic E-state index is 0.00859. The highest BCUT2D eigenvalue weighted by Gasteiger charge is 2.38. The van der Waals surface area contributed by atoms with Gasteiger partial charge in [0, 0.05) is 11.3 Å². The summed E-state index contributed by atoms with van der Waals surface area (Å²) in [6.45, 7) is 1.88. The van der Waals surface area contributed by atoms with Crippen molar-refractivity contribution in [2.24, 2.45) is 0 Å². The van der Waals surface area contributed by atoms with Gasteiger partial charge < -0.3 is 14.7 Å². The smallest absolute Gasteiger partial charge is 0.475 e. The first kappa shape index (κ1) is 27.2. The summed E-state index contributed by atoms with van der Waals surface area (Å²) in [6.07, 6.45) is -3.17. The lowest BCUT2D eigenvalue weighted by Gasteiger charge is -2.36. The molecule has 2 N–H and O–H groups in total. The van der Waals surface area contributed by atoms with Gasteiger partial charge in [-0.2, -0.15) is 25.8 Å². The Bertz CT molecular complexity index is 826. The van der Waals surface area contributed by atoms with Crippen LogP contribution in [-0.4, -0.2) is 74.6 Å². The van der Waals surface area contributed by atoms with Crippen molar-refractivity contribution in [3.8, 4) is 0 Å². The number of rotatable bonds is 7. The summed E-state index contributed by atoms with van der Waals surface area (Å²) in [7, 11) is -1.52. The van der Waals surface area contributed by atoms with Gasteiger partial charge in [-0.05, 0) is 45.1 Å². The van der Waals surface area contributed by atoms with Crippen LogP contribution in [0.2, 0.25) is 0 Å². The molecular weight excluding hydrogens is 461 g/mol. The highest BCUT2D eigenvalue weighted by atomic mass is 32.2. The van der Waals surface area contributed by atoms with E-state index in [2.05, 4.69) is 22.3 Å². The number of sulfonamides is 1. The van der Waals surface area contributed by atoms with Crippen molar-refractivity contribution in [2.45, 2.75) is 35.1 Å². The Morgan fingerprint density at radius 1 is 1.23 bits per heavy atom. The van der Waals surface area contributed by atoms with Crippen LogP contribution in [0.15, 0.2) is 35.2 Å². The van der Waals surface area contributed by atoms with E-state index in [1.165, 1.54) is 12.1 Å². The Balaban J connectivity index is 0.000000592.